The van der Waals surface area contributed by atoms with Crippen LogP contribution < -0.4 is 0 Å². The van der Waals surface area contributed by atoms with E-state index in [2.05, 4.69) is 114 Å². The van der Waals surface area contributed by atoms with Crippen molar-refractivity contribution in [2.45, 2.75) is 245 Å². The maximum atomic E-state index is 11.9. The molecule has 15 nitrogen and oxygen atoms in total. The van der Waals surface area contributed by atoms with E-state index in [0.717, 1.165) is 6.29 Å². The molecule has 0 saturated carbocycles. The lowest BCUT2D eigenvalue weighted by Gasteiger charge is -2.38. The van der Waals surface area contributed by atoms with Crippen LogP contribution in [0.15, 0.2) is 101 Å². The summed E-state index contributed by atoms with van der Waals surface area (Å²) in [5.41, 5.74) is 0. The maximum absolute atomic E-state index is 11.9. The zero-order chi connectivity index (χ0) is 61.3. The minimum atomic E-state index is -1.91. The molecular formula is C59H108O15Si2. The Morgan fingerprint density at radius 2 is 1.11 bits per heavy atom. The number of cyclic esters (lactones) is 1. The summed E-state index contributed by atoms with van der Waals surface area (Å²) in [5, 5.41) is 35.8. The standard InChI is InChI=1S/C16H30O3Si.2C10H16O3.C10H22OSi.2C5H10O.C2H4O.CO2/c1-9-11-13(3)18-15(17)12-14(10-2)19-20(7,8)16(4,5)6;1-8-4-2-5-9(11)6-3-7-10(12)13-8;1-4-6-8(3)13-10(12)7-9(11)5-2;1-8-9(2)11-12(6,7)10(3,4)5;2*1-3-4-5(2)6;1-2-3;2-1-3/h9-10,13-14H,1-2,11-12H2,3-8H3;2,5,8-9,11H,3-4,6-7H2,1H3;4-5,8-9,11H,1-2,6-7H2,3H3;8-9H,1H2,2-7H3;2*3,5-6H,1,4H2,2H3;2H,1H3;/b;5-2+;;;;;;/t13-,14+;2*8-,9+;;2*5-;;/m111.11../s1. The number of hydrogen-bond acceptors (Lipinski definition) is 15. The SMILES string of the molecule is C=CC(C)O[Si](C)(C)C(C)(C)C.C=CC[C@@H](C)O.C=CC[C@@H](C)O.C=CC[C@@H](C)OC(=O)C[C@@H](O)C=C.C=CC[C@@H](C)OC(=O)C[C@H](C=C)O[Si](C)(C)C(C)(C)C.CC=O.C[C@@H]1C/C=C/[C@H](O)CCCC(=O)O1.O=C=O. The molecule has 9 atom stereocenters. The molecule has 76 heavy (non-hydrogen) atoms. The van der Waals surface area contributed by atoms with Crippen molar-refractivity contribution in [1.82, 2.24) is 0 Å². The molecular weight excluding hydrogens is 1000 g/mol. The number of ether oxygens (including phenoxy) is 3. The number of aldehydes is 1. The zero-order valence-corrected chi connectivity index (χ0v) is 52.3. The zero-order valence-electron chi connectivity index (χ0n) is 50.3. The van der Waals surface area contributed by atoms with Crippen LogP contribution in [0, 0.1) is 0 Å². The number of carbonyl (C=O) groups is 4. The Labute approximate surface area is 463 Å². The van der Waals surface area contributed by atoms with Crippen molar-refractivity contribution in [3.8, 4) is 0 Å². The molecule has 0 aromatic heterocycles. The second kappa shape index (κ2) is 51.3. The molecule has 1 aliphatic rings. The van der Waals surface area contributed by atoms with Gasteiger partial charge >= 0.3 is 24.1 Å². The molecule has 0 aromatic rings. The first-order valence-electron chi connectivity index (χ1n) is 25.9. The maximum Gasteiger partial charge on any atom is 0.373 e. The molecule has 0 aliphatic carbocycles. The predicted molar refractivity (Wildman–Crippen MR) is 315 cm³/mol. The van der Waals surface area contributed by atoms with Gasteiger partial charge in [0, 0.05) is 25.7 Å². The topological polar surface area (TPSA) is 229 Å². The second-order valence-electron chi connectivity index (χ2n) is 20.8. The Kier molecular flexibility index (Phi) is 57.7. The Morgan fingerprint density at radius 3 is 1.42 bits per heavy atom. The van der Waals surface area contributed by atoms with Gasteiger partial charge in [-0.05, 0) is 110 Å². The van der Waals surface area contributed by atoms with Crippen molar-refractivity contribution in [3.63, 3.8) is 0 Å². The summed E-state index contributed by atoms with van der Waals surface area (Å²) in [6, 6.07) is 0. The van der Waals surface area contributed by atoms with Crippen LogP contribution in [0.2, 0.25) is 36.3 Å². The highest BCUT2D eigenvalue weighted by Gasteiger charge is 2.39. The van der Waals surface area contributed by atoms with Crippen molar-refractivity contribution >= 4 is 47.0 Å². The number of rotatable bonds is 21. The van der Waals surface area contributed by atoms with Crippen LogP contribution in [-0.4, -0.2) is 122 Å². The molecule has 0 amide bonds. The lowest BCUT2D eigenvalue weighted by atomic mass is 10.1. The monoisotopic (exact) mass is 1110 g/mol. The molecule has 1 unspecified atom stereocenters. The number of hydrogen-bond donors (Lipinski definition) is 4. The van der Waals surface area contributed by atoms with Crippen molar-refractivity contribution < 1.29 is 72.3 Å². The van der Waals surface area contributed by atoms with Crippen LogP contribution >= 0.6 is 0 Å². The van der Waals surface area contributed by atoms with Crippen LogP contribution in [0.5, 0.6) is 0 Å². The number of carbonyl (C=O) groups excluding carboxylic acids is 6. The summed E-state index contributed by atoms with van der Waals surface area (Å²) in [6.45, 7) is 59.4. The first-order chi connectivity index (χ1) is 34.9. The van der Waals surface area contributed by atoms with Crippen molar-refractivity contribution in [2.75, 3.05) is 0 Å². The molecule has 0 fully saturated rings. The van der Waals surface area contributed by atoms with Crippen LogP contribution in [0.3, 0.4) is 0 Å². The van der Waals surface area contributed by atoms with Gasteiger partial charge in [-0.1, -0.05) is 96.2 Å². The van der Waals surface area contributed by atoms with Gasteiger partial charge in [-0.3, -0.25) is 14.4 Å². The highest BCUT2D eigenvalue weighted by atomic mass is 28.4. The molecule has 1 heterocycles. The molecule has 1 aliphatic heterocycles. The Balaban J connectivity index is -0.000000153. The van der Waals surface area contributed by atoms with Crippen molar-refractivity contribution in [3.05, 3.63) is 101 Å². The molecule has 17 heteroatoms. The summed E-state index contributed by atoms with van der Waals surface area (Å²) in [4.78, 5) is 59.0. The summed E-state index contributed by atoms with van der Waals surface area (Å²) in [5.74, 6) is -0.820. The van der Waals surface area contributed by atoms with E-state index in [9.17, 15) is 19.5 Å². The largest absolute Gasteiger partial charge is 0.462 e. The van der Waals surface area contributed by atoms with E-state index in [0.29, 0.717) is 56.4 Å². The van der Waals surface area contributed by atoms with E-state index >= 15 is 0 Å². The summed E-state index contributed by atoms with van der Waals surface area (Å²) in [6.07, 6.45) is 19.5. The summed E-state index contributed by atoms with van der Waals surface area (Å²) >= 11 is 0. The summed E-state index contributed by atoms with van der Waals surface area (Å²) < 4.78 is 27.5. The van der Waals surface area contributed by atoms with Crippen LogP contribution in [0.4, 0.5) is 0 Å². The number of aliphatic hydroxyl groups is 4. The van der Waals surface area contributed by atoms with Crippen LogP contribution in [0.25, 0.3) is 0 Å². The van der Waals surface area contributed by atoms with Gasteiger partial charge in [0.15, 0.2) is 16.6 Å². The van der Waals surface area contributed by atoms with Gasteiger partial charge < -0.3 is 48.3 Å². The fraction of sp³-hybridized carbons (Fsp3) is 0.644. The van der Waals surface area contributed by atoms with E-state index in [-0.39, 0.29) is 78.7 Å². The Morgan fingerprint density at radius 1 is 0.724 bits per heavy atom. The number of aliphatic hydroxyl groups excluding tert-OH is 4. The lowest BCUT2D eigenvalue weighted by molar-refractivity contribution is -0.192. The van der Waals surface area contributed by atoms with Gasteiger partial charge in [0.05, 0.1) is 49.5 Å². The van der Waals surface area contributed by atoms with Crippen LogP contribution in [0.1, 0.15) is 154 Å². The van der Waals surface area contributed by atoms with Gasteiger partial charge in [0.2, 0.25) is 0 Å². The van der Waals surface area contributed by atoms with Gasteiger partial charge in [-0.2, -0.15) is 9.59 Å². The summed E-state index contributed by atoms with van der Waals surface area (Å²) in [7, 11) is -3.47. The normalized spacial score (nSPS) is 17.1. The molecule has 0 aromatic carbocycles. The molecule has 4 N–H and O–H groups in total. The van der Waals surface area contributed by atoms with Gasteiger partial charge in [0.25, 0.3) is 0 Å². The molecule has 0 radical (unpaired) electrons. The van der Waals surface area contributed by atoms with Gasteiger partial charge in [0.1, 0.15) is 24.6 Å². The highest BCUT2D eigenvalue weighted by Crippen LogP contribution is 2.38. The quantitative estimate of drug-likeness (QED) is 0.0275. The molecule has 0 spiro atoms. The Hall–Kier alpha value is -4.43. The first-order valence-corrected chi connectivity index (χ1v) is 31.7. The van der Waals surface area contributed by atoms with E-state index in [1.165, 1.54) is 13.0 Å². The van der Waals surface area contributed by atoms with E-state index < -0.39 is 34.8 Å². The Bertz CT molecular complexity index is 1620. The third-order valence-electron chi connectivity index (χ3n) is 10.9. The second-order valence-corrected chi connectivity index (χ2v) is 30.3. The fourth-order valence-corrected chi connectivity index (χ4v) is 7.41. The highest BCUT2D eigenvalue weighted by molar-refractivity contribution is 6.74. The first kappa shape index (κ1) is 85.5. The fourth-order valence-electron chi connectivity index (χ4n) is 4.74. The van der Waals surface area contributed by atoms with Crippen molar-refractivity contribution in [1.29, 1.82) is 0 Å². The van der Waals surface area contributed by atoms with Crippen LogP contribution in [-0.2, 0) is 51.8 Å². The molecule has 0 saturated heterocycles. The number of esters is 3. The average molecular weight is 1110 g/mol. The third-order valence-corrected chi connectivity index (χ3v) is 19.9. The molecule has 1 rings (SSSR count). The van der Waals surface area contributed by atoms with E-state index in [4.69, 9.17) is 52.8 Å². The molecule has 442 valence electrons. The van der Waals surface area contributed by atoms with Crippen molar-refractivity contribution in [2.24, 2.45) is 0 Å². The smallest absolute Gasteiger partial charge is 0.373 e. The minimum absolute atomic E-state index is 0.0367. The molecule has 0 bridgehead atoms. The third kappa shape index (κ3) is 60.4. The lowest BCUT2D eigenvalue weighted by Crippen LogP contribution is -2.44. The van der Waals surface area contributed by atoms with Gasteiger partial charge in [-0.25, -0.2) is 0 Å². The average Bonchev–Trinajstić information content (AvgIpc) is 3.26. The van der Waals surface area contributed by atoms with E-state index in [1.807, 2.05) is 32.9 Å². The predicted octanol–water partition coefficient (Wildman–Crippen LogP) is 12.4. The van der Waals surface area contributed by atoms with Gasteiger partial charge in [-0.15, -0.1) is 46.1 Å². The minimum Gasteiger partial charge on any atom is -0.462 e. The van der Waals surface area contributed by atoms with E-state index in [1.54, 1.807) is 57.2 Å².